The van der Waals surface area contributed by atoms with E-state index in [2.05, 4.69) is 10.6 Å². The molecule has 0 heterocycles. The number of anilines is 2. The average Bonchev–Trinajstić information content (AvgIpc) is 2.78. The molecule has 8 nitrogen and oxygen atoms in total. The lowest BCUT2D eigenvalue weighted by Crippen LogP contribution is -2.16. The fourth-order valence-electron chi connectivity index (χ4n) is 2.93. The van der Waals surface area contributed by atoms with E-state index in [0.29, 0.717) is 27.5 Å². The number of ether oxygens (including phenoxy) is 1. The number of nitrogens with one attached hydrogen (secondary N) is 3. The van der Waals surface area contributed by atoms with Gasteiger partial charge in [0.05, 0.1) is 5.56 Å². The molecule has 0 saturated heterocycles. The van der Waals surface area contributed by atoms with Crippen LogP contribution in [0.1, 0.15) is 21.5 Å². The van der Waals surface area contributed by atoms with Crippen LogP contribution in [-0.4, -0.2) is 29.4 Å². The summed E-state index contributed by atoms with van der Waals surface area (Å²) >= 11 is 6.09. The van der Waals surface area contributed by atoms with E-state index in [4.69, 9.17) is 32.6 Å². The first-order valence-electron chi connectivity index (χ1n) is 9.65. The number of carboxylic acid groups (broad SMARTS) is 1. The summed E-state index contributed by atoms with van der Waals surface area (Å²) in [6.45, 7) is -0.488. The largest absolute Gasteiger partial charge is 0.481 e. The molecule has 0 aliphatic carbocycles. The van der Waals surface area contributed by atoms with Gasteiger partial charge in [-0.05, 0) is 48.5 Å². The van der Waals surface area contributed by atoms with Crippen LogP contribution in [0.4, 0.5) is 15.8 Å². The van der Waals surface area contributed by atoms with Crippen LogP contribution < -0.4 is 21.1 Å². The molecule has 0 aliphatic rings. The van der Waals surface area contributed by atoms with Crippen molar-refractivity contribution in [3.63, 3.8) is 0 Å². The second-order valence-electron chi connectivity index (χ2n) is 6.92. The topological polar surface area (TPSA) is 138 Å². The second kappa shape index (κ2) is 10.5. The van der Waals surface area contributed by atoms with Crippen LogP contribution in [0.2, 0.25) is 5.02 Å². The van der Waals surface area contributed by atoms with Gasteiger partial charge in [-0.1, -0.05) is 17.7 Å². The third-order valence-corrected chi connectivity index (χ3v) is 4.76. The summed E-state index contributed by atoms with van der Waals surface area (Å²) in [4.78, 5) is 23.7. The van der Waals surface area contributed by atoms with Crippen molar-refractivity contribution in [3.05, 3.63) is 88.2 Å². The molecule has 1 amide bonds. The normalized spacial score (nSPS) is 10.4. The summed E-state index contributed by atoms with van der Waals surface area (Å²) in [7, 11) is 0. The number of carbonyl (C=O) groups excluding carboxylic acids is 1. The smallest absolute Gasteiger partial charge is 0.341 e. The van der Waals surface area contributed by atoms with Gasteiger partial charge in [-0.15, -0.1) is 0 Å². The van der Waals surface area contributed by atoms with E-state index in [1.165, 1.54) is 18.2 Å². The molecule has 0 unspecified atom stereocenters. The fraction of sp³-hybridized carbons (Fsp3) is 0.0870. The molecule has 3 aromatic carbocycles. The highest BCUT2D eigenvalue weighted by Gasteiger charge is 2.14. The van der Waals surface area contributed by atoms with Gasteiger partial charge in [0.1, 0.15) is 17.4 Å². The number of nitrogen functional groups attached to an aromatic ring is 1. The number of hydrogen-bond donors (Lipinski definition) is 5. The summed E-state index contributed by atoms with van der Waals surface area (Å²) in [6.07, 6.45) is 0. The Kier molecular flexibility index (Phi) is 7.47. The minimum absolute atomic E-state index is 0.0791. The van der Waals surface area contributed by atoms with Gasteiger partial charge in [-0.3, -0.25) is 10.2 Å². The first kappa shape index (κ1) is 23.6. The molecule has 0 spiro atoms. The molecule has 33 heavy (non-hydrogen) atoms. The molecular formula is C23H20ClFN4O4. The number of aliphatic carboxylic acids is 1. The molecule has 0 aromatic heterocycles. The number of rotatable bonds is 9. The Bertz CT molecular complexity index is 1200. The molecule has 3 rings (SSSR count). The standard InChI is InChI=1S/C23H20ClFN4O4/c24-15-4-8-19(28-11-14-1-5-16(25)10-20(14)33-12-21(30)31)18(9-15)23(32)29-17-6-2-13(3-7-17)22(26)27/h1-10,28H,11-12H2,(H3,26,27)(H,29,32)(H,30,31). The van der Waals surface area contributed by atoms with Gasteiger partial charge < -0.3 is 26.2 Å². The maximum absolute atomic E-state index is 13.6. The zero-order chi connectivity index (χ0) is 24.0. The van der Waals surface area contributed by atoms with E-state index >= 15 is 0 Å². The lowest BCUT2D eigenvalue weighted by atomic mass is 10.1. The monoisotopic (exact) mass is 470 g/mol. The molecule has 3 aromatic rings. The van der Waals surface area contributed by atoms with Crippen LogP contribution in [0.3, 0.4) is 0 Å². The highest BCUT2D eigenvalue weighted by molar-refractivity contribution is 6.31. The molecular weight excluding hydrogens is 451 g/mol. The van der Waals surface area contributed by atoms with E-state index in [0.717, 1.165) is 6.07 Å². The SMILES string of the molecule is N=C(N)c1ccc(NC(=O)c2cc(Cl)ccc2NCc2ccc(F)cc2OCC(=O)O)cc1. The van der Waals surface area contributed by atoms with Crippen LogP contribution in [0.15, 0.2) is 60.7 Å². The van der Waals surface area contributed by atoms with Crippen molar-refractivity contribution in [1.29, 1.82) is 5.41 Å². The molecule has 10 heteroatoms. The Hall–Kier alpha value is -4.11. The Labute approximate surface area is 193 Å². The number of carboxylic acids is 1. The summed E-state index contributed by atoms with van der Waals surface area (Å²) in [5, 5.41) is 22.4. The molecule has 0 atom stereocenters. The minimum atomic E-state index is -1.19. The maximum Gasteiger partial charge on any atom is 0.341 e. The Morgan fingerprint density at radius 1 is 1.09 bits per heavy atom. The summed E-state index contributed by atoms with van der Waals surface area (Å²) in [6, 6.07) is 15.0. The number of benzene rings is 3. The van der Waals surface area contributed by atoms with E-state index in [1.54, 1.807) is 36.4 Å². The predicted octanol–water partition coefficient (Wildman–Crippen LogP) is 4.09. The Morgan fingerprint density at radius 2 is 1.82 bits per heavy atom. The van der Waals surface area contributed by atoms with Gasteiger partial charge in [-0.2, -0.15) is 0 Å². The van der Waals surface area contributed by atoms with Crippen molar-refractivity contribution in [2.75, 3.05) is 17.2 Å². The quantitative estimate of drug-likeness (QED) is 0.236. The lowest BCUT2D eigenvalue weighted by molar-refractivity contribution is -0.139. The van der Waals surface area contributed by atoms with Crippen molar-refractivity contribution >= 4 is 40.7 Å². The van der Waals surface area contributed by atoms with Gasteiger partial charge in [-0.25, -0.2) is 9.18 Å². The molecule has 6 N–H and O–H groups in total. The Morgan fingerprint density at radius 3 is 2.48 bits per heavy atom. The average molecular weight is 471 g/mol. The molecule has 170 valence electrons. The van der Waals surface area contributed by atoms with Crippen LogP contribution in [0.25, 0.3) is 0 Å². The molecule has 0 saturated carbocycles. The van der Waals surface area contributed by atoms with Crippen molar-refractivity contribution in [2.24, 2.45) is 5.73 Å². The predicted molar refractivity (Wildman–Crippen MR) is 124 cm³/mol. The number of amides is 1. The number of amidine groups is 1. The van der Waals surface area contributed by atoms with Gasteiger partial charge in [0.25, 0.3) is 5.91 Å². The number of halogens is 2. The maximum atomic E-state index is 13.6. The second-order valence-corrected chi connectivity index (χ2v) is 7.36. The molecule has 0 aliphatic heterocycles. The summed E-state index contributed by atoms with van der Waals surface area (Å²) in [5.41, 5.74) is 7.67. The Balaban J connectivity index is 1.78. The number of nitrogens with two attached hydrogens (primary N) is 1. The van der Waals surface area contributed by atoms with Gasteiger partial charge in [0.15, 0.2) is 6.61 Å². The van der Waals surface area contributed by atoms with Crippen molar-refractivity contribution in [2.45, 2.75) is 6.54 Å². The fourth-order valence-corrected chi connectivity index (χ4v) is 3.10. The first-order chi connectivity index (χ1) is 15.7. The van der Waals surface area contributed by atoms with Crippen LogP contribution in [0, 0.1) is 11.2 Å². The molecule has 0 radical (unpaired) electrons. The number of hydrogen-bond acceptors (Lipinski definition) is 5. The highest BCUT2D eigenvalue weighted by atomic mass is 35.5. The first-order valence-corrected chi connectivity index (χ1v) is 10.0. The van der Waals surface area contributed by atoms with E-state index < -0.39 is 24.3 Å². The highest BCUT2D eigenvalue weighted by Crippen LogP contribution is 2.25. The molecule has 0 bridgehead atoms. The number of carbonyl (C=O) groups is 2. The lowest BCUT2D eigenvalue weighted by Gasteiger charge is -2.15. The van der Waals surface area contributed by atoms with Gasteiger partial charge >= 0.3 is 5.97 Å². The minimum Gasteiger partial charge on any atom is -0.481 e. The third-order valence-electron chi connectivity index (χ3n) is 4.53. The van der Waals surface area contributed by atoms with Crippen LogP contribution in [0.5, 0.6) is 5.75 Å². The van der Waals surface area contributed by atoms with Crippen molar-refractivity contribution in [3.8, 4) is 5.75 Å². The third kappa shape index (κ3) is 6.44. The zero-order valence-electron chi connectivity index (χ0n) is 17.2. The van der Waals surface area contributed by atoms with Crippen LogP contribution >= 0.6 is 11.6 Å². The molecule has 0 fully saturated rings. The van der Waals surface area contributed by atoms with E-state index in [-0.39, 0.29) is 23.7 Å². The van der Waals surface area contributed by atoms with Crippen molar-refractivity contribution in [1.82, 2.24) is 0 Å². The summed E-state index contributed by atoms with van der Waals surface area (Å²) < 4.78 is 18.8. The van der Waals surface area contributed by atoms with Crippen LogP contribution in [-0.2, 0) is 11.3 Å². The summed E-state index contributed by atoms with van der Waals surface area (Å²) in [5.74, 6) is -2.19. The van der Waals surface area contributed by atoms with E-state index in [1.807, 2.05) is 0 Å². The van der Waals surface area contributed by atoms with Gasteiger partial charge in [0, 0.05) is 40.1 Å². The zero-order valence-corrected chi connectivity index (χ0v) is 17.9. The van der Waals surface area contributed by atoms with Crippen molar-refractivity contribution < 1.29 is 23.8 Å². The van der Waals surface area contributed by atoms with E-state index in [9.17, 15) is 14.0 Å². The van der Waals surface area contributed by atoms with Gasteiger partial charge in [0.2, 0.25) is 0 Å².